The van der Waals surface area contributed by atoms with E-state index in [1.807, 2.05) is 18.2 Å². The molecule has 1 atom stereocenters. The molecule has 4 heteroatoms. The summed E-state index contributed by atoms with van der Waals surface area (Å²) in [6.07, 6.45) is 1.05. The molecule has 3 rings (SSSR count). The van der Waals surface area contributed by atoms with Gasteiger partial charge in [0.2, 0.25) is 0 Å². The van der Waals surface area contributed by atoms with Gasteiger partial charge >= 0.3 is 0 Å². The Balaban J connectivity index is 2.05. The van der Waals surface area contributed by atoms with Crippen LogP contribution in [0.3, 0.4) is 0 Å². The van der Waals surface area contributed by atoms with Crippen molar-refractivity contribution in [3.63, 3.8) is 0 Å². The van der Waals surface area contributed by atoms with Crippen molar-refractivity contribution in [2.75, 3.05) is 18.9 Å². The topological polar surface area (TPSA) is 63.9 Å². The summed E-state index contributed by atoms with van der Waals surface area (Å²) in [6.45, 7) is 1.61. The first-order valence-corrected chi connectivity index (χ1v) is 5.16. The number of anilines is 1. The number of H-pyrrole nitrogens is 1. The van der Waals surface area contributed by atoms with Gasteiger partial charge in [0.1, 0.15) is 5.82 Å². The molecule has 1 saturated heterocycles. The molecule has 0 spiro atoms. The van der Waals surface area contributed by atoms with Gasteiger partial charge in [0.05, 0.1) is 17.6 Å². The second kappa shape index (κ2) is 3.24. The van der Waals surface area contributed by atoms with Crippen LogP contribution < -0.4 is 5.73 Å². The number of aromatic amines is 1. The molecule has 0 aliphatic carbocycles. The van der Waals surface area contributed by atoms with Crippen molar-refractivity contribution >= 4 is 16.7 Å². The van der Waals surface area contributed by atoms with E-state index in [4.69, 9.17) is 10.5 Å². The lowest BCUT2D eigenvalue weighted by Crippen LogP contribution is -1.99. The Morgan fingerprint density at radius 1 is 1.47 bits per heavy atom. The Hall–Kier alpha value is -1.55. The summed E-state index contributed by atoms with van der Waals surface area (Å²) >= 11 is 0. The molecule has 3 N–H and O–H groups in total. The third-order valence-corrected chi connectivity index (χ3v) is 2.84. The predicted molar refractivity (Wildman–Crippen MR) is 58.7 cm³/mol. The van der Waals surface area contributed by atoms with Gasteiger partial charge < -0.3 is 15.5 Å². The average Bonchev–Trinajstić information content (AvgIpc) is 2.84. The first-order valence-electron chi connectivity index (χ1n) is 5.16. The van der Waals surface area contributed by atoms with Crippen molar-refractivity contribution in [2.24, 2.45) is 0 Å². The predicted octanol–water partition coefficient (Wildman–Crippen LogP) is 1.65. The van der Waals surface area contributed by atoms with Gasteiger partial charge in [0, 0.05) is 18.2 Å². The molecule has 0 saturated carbocycles. The molecule has 0 amide bonds. The fraction of sp³-hybridized carbons (Fsp3) is 0.364. The van der Waals surface area contributed by atoms with Crippen molar-refractivity contribution in [1.29, 1.82) is 0 Å². The van der Waals surface area contributed by atoms with Gasteiger partial charge in [0.15, 0.2) is 0 Å². The molecule has 4 nitrogen and oxygen atoms in total. The van der Waals surface area contributed by atoms with Crippen molar-refractivity contribution in [2.45, 2.75) is 12.3 Å². The van der Waals surface area contributed by atoms with Crippen LogP contribution in [0.2, 0.25) is 0 Å². The Bertz CT molecular complexity index is 486. The lowest BCUT2D eigenvalue weighted by atomic mass is 10.1. The van der Waals surface area contributed by atoms with Crippen LogP contribution in [0, 0.1) is 0 Å². The smallest absolute Gasteiger partial charge is 0.112 e. The van der Waals surface area contributed by atoms with E-state index >= 15 is 0 Å². The molecule has 1 fully saturated rings. The number of benzene rings is 1. The van der Waals surface area contributed by atoms with Gasteiger partial charge in [-0.2, -0.15) is 0 Å². The van der Waals surface area contributed by atoms with Crippen molar-refractivity contribution in [3.8, 4) is 0 Å². The van der Waals surface area contributed by atoms with Crippen molar-refractivity contribution < 1.29 is 4.74 Å². The Morgan fingerprint density at radius 2 is 2.40 bits per heavy atom. The molecule has 1 aromatic heterocycles. The summed E-state index contributed by atoms with van der Waals surface area (Å²) in [6, 6.07) is 5.74. The molecule has 0 radical (unpaired) electrons. The Kier molecular flexibility index (Phi) is 1.89. The minimum absolute atomic E-state index is 0.415. The fourth-order valence-electron chi connectivity index (χ4n) is 1.99. The van der Waals surface area contributed by atoms with E-state index in [9.17, 15) is 0 Å². The molecule has 78 valence electrons. The standard InChI is InChI=1S/C11H13N3O/c12-8-1-2-9-10(5-8)14-11(13-9)7-3-4-15-6-7/h1-2,5,7H,3-4,6,12H2,(H,13,14)/t7-/m0/s1. The van der Waals surface area contributed by atoms with E-state index < -0.39 is 0 Å². The number of ether oxygens (including phenoxy) is 1. The molecule has 2 aromatic rings. The number of nitrogens with one attached hydrogen (secondary N) is 1. The number of fused-ring (bicyclic) bond motifs is 1. The van der Waals surface area contributed by atoms with E-state index in [0.717, 1.165) is 42.2 Å². The van der Waals surface area contributed by atoms with Crippen LogP contribution in [0.4, 0.5) is 5.69 Å². The van der Waals surface area contributed by atoms with Gasteiger partial charge in [-0.25, -0.2) is 4.98 Å². The molecule has 1 aromatic carbocycles. The Labute approximate surface area is 87.4 Å². The van der Waals surface area contributed by atoms with Crippen molar-refractivity contribution in [3.05, 3.63) is 24.0 Å². The lowest BCUT2D eigenvalue weighted by molar-refractivity contribution is 0.193. The summed E-state index contributed by atoms with van der Waals surface area (Å²) in [7, 11) is 0. The van der Waals surface area contributed by atoms with Gasteiger partial charge in [-0.15, -0.1) is 0 Å². The molecule has 1 aliphatic heterocycles. The molecular formula is C11H13N3O. The normalized spacial score (nSPS) is 21.2. The van der Waals surface area contributed by atoms with Gasteiger partial charge in [-0.05, 0) is 24.6 Å². The second-order valence-electron chi connectivity index (χ2n) is 3.96. The third-order valence-electron chi connectivity index (χ3n) is 2.84. The number of aromatic nitrogens is 2. The molecule has 1 aliphatic rings. The fourth-order valence-corrected chi connectivity index (χ4v) is 1.99. The summed E-state index contributed by atoms with van der Waals surface area (Å²) in [5, 5.41) is 0. The van der Waals surface area contributed by atoms with E-state index in [0.29, 0.717) is 5.92 Å². The lowest BCUT2D eigenvalue weighted by Gasteiger charge is -2.00. The number of hydrogen-bond acceptors (Lipinski definition) is 3. The maximum atomic E-state index is 5.71. The first kappa shape index (κ1) is 8.73. The molecule has 15 heavy (non-hydrogen) atoms. The van der Waals surface area contributed by atoms with Crippen LogP contribution in [0.5, 0.6) is 0 Å². The summed E-state index contributed by atoms with van der Waals surface area (Å²) in [5.41, 5.74) is 8.47. The minimum Gasteiger partial charge on any atom is -0.399 e. The highest BCUT2D eigenvalue weighted by Gasteiger charge is 2.20. The first-order chi connectivity index (χ1) is 7.33. The summed E-state index contributed by atoms with van der Waals surface area (Å²) in [5.74, 6) is 1.44. The van der Waals surface area contributed by atoms with Crippen LogP contribution in [-0.4, -0.2) is 23.2 Å². The van der Waals surface area contributed by atoms with Gasteiger partial charge in [0.25, 0.3) is 0 Å². The van der Waals surface area contributed by atoms with Crippen LogP contribution in [0.1, 0.15) is 18.2 Å². The van der Waals surface area contributed by atoms with Crippen LogP contribution in [0.15, 0.2) is 18.2 Å². The number of hydrogen-bond donors (Lipinski definition) is 2. The Morgan fingerprint density at radius 3 is 3.20 bits per heavy atom. The zero-order chi connectivity index (χ0) is 10.3. The quantitative estimate of drug-likeness (QED) is 0.692. The van der Waals surface area contributed by atoms with Crippen LogP contribution in [0.25, 0.3) is 11.0 Å². The second-order valence-corrected chi connectivity index (χ2v) is 3.96. The molecule has 2 heterocycles. The summed E-state index contributed by atoms with van der Waals surface area (Å²) < 4.78 is 5.35. The van der Waals surface area contributed by atoms with Gasteiger partial charge in [-0.1, -0.05) is 0 Å². The number of rotatable bonds is 1. The number of nitrogen functional groups attached to an aromatic ring is 1. The monoisotopic (exact) mass is 203 g/mol. The zero-order valence-electron chi connectivity index (χ0n) is 8.36. The molecular weight excluding hydrogens is 190 g/mol. The zero-order valence-corrected chi connectivity index (χ0v) is 8.36. The van der Waals surface area contributed by atoms with E-state index in [-0.39, 0.29) is 0 Å². The highest BCUT2D eigenvalue weighted by Crippen LogP contribution is 2.25. The number of nitrogens with zero attached hydrogens (tertiary/aromatic N) is 1. The number of nitrogens with two attached hydrogens (primary N) is 1. The van der Waals surface area contributed by atoms with Crippen LogP contribution >= 0.6 is 0 Å². The number of imidazole rings is 1. The molecule has 0 bridgehead atoms. The highest BCUT2D eigenvalue weighted by molar-refractivity contribution is 5.78. The maximum absolute atomic E-state index is 5.71. The molecule has 0 unspecified atom stereocenters. The highest BCUT2D eigenvalue weighted by atomic mass is 16.5. The SMILES string of the molecule is Nc1ccc2nc([C@H]3CCOC3)[nH]c2c1. The maximum Gasteiger partial charge on any atom is 0.112 e. The van der Waals surface area contributed by atoms with Gasteiger partial charge in [-0.3, -0.25) is 0 Å². The summed E-state index contributed by atoms with van der Waals surface area (Å²) in [4.78, 5) is 7.85. The van der Waals surface area contributed by atoms with E-state index in [2.05, 4.69) is 9.97 Å². The van der Waals surface area contributed by atoms with Crippen molar-refractivity contribution in [1.82, 2.24) is 9.97 Å². The third kappa shape index (κ3) is 1.47. The van der Waals surface area contributed by atoms with Crippen LogP contribution in [-0.2, 0) is 4.74 Å². The average molecular weight is 203 g/mol. The van der Waals surface area contributed by atoms with E-state index in [1.165, 1.54) is 0 Å². The van der Waals surface area contributed by atoms with E-state index in [1.54, 1.807) is 0 Å². The largest absolute Gasteiger partial charge is 0.399 e. The minimum atomic E-state index is 0.415.